The predicted octanol–water partition coefficient (Wildman–Crippen LogP) is 1.24. The van der Waals surface area contributed by atoms with Crippen molar-refractivity contribution in [1.29, 1.82) is 0 Å². The van der Waals surface area contributed by atoms with Gasteiger partial charge in [0.05, 0.1) is 5.69 Å². The Bertz CT molecular complexity index is 265. The molecule has 1 unspecified atom stereocenters. The fourth-order valence-electron chi connectivity index (χ4n) is 1.21. The van der Waals surface area contributed by atoms with E-state index in [0.717, 1.165) is 18.5 Å². The van der Waals surface area contributed by atoms with E-state index in [9.17, 15) is 0 Å². The van der Waals surface area contributed by atoms with Crippen LogP contribution in [0.3, 0.4) is 0 Å². The highest BCUT2D eigenvalue weighted by atomic mass is 35.5. The zero-order chi connectivity index (χ0) is 9.68. The van der Waals surface area contributed by atoms with Crippen LogP contribution in [0, 0.1) is 0 Å². The lowest BCUT2D eigenvalue weighted by molar-refractivity contribution is 0.645. The maximum atomic E-state index is 5.84. The van der Waals surface area contributed by atoms with Gasteiger partial charge < -0.3 is 11.5 Å². The summed E-state index contributed by atoms with van der Waals surface area (Å²) < 4.78 is 0. The molecule has 1 heterocycles. The minimum atomic E-state index is 0. The molecule has 0 radical (unpaired) electrons. The van der Waals surface area contributed by atoms with Gasteiger partial charge in [-0.1, -0.05) is 6.92 Å². The molecule has 0 aliphatic rings. The zero-order valence-electron chi connectivity index (χ0n) is 8.44. The van der Waals surface area contributed by atoms with E-state index in [0.29, 0.717) is 6.54 Å². The van der Waals surface area contributed by atoms with Gasteiger partial charge in [-0.2, -0.15) is 0 Å². The van der Waals surface area contributed by atoms with Gasteiger partial charge in [0.1, 0.15) is 0 Å². The maximum Gasteiger partial charge on any atom is 0.0542 e. The van der Waals surface area contributed by atoms with E-state index in [1.54, 1.807) is 6.20 Å². The summed E-state index contributed by atoms with van der Waals surface area (Å²) in [5.41, 5.74) is 13.5. The number of aromatic nitrogens is 1. The molecular formula is C10H18ClN3. The molecule has 4 N–H and O–H groups in total. The highest BCUT2D eigenvalue weighted by Crippen LogP contribution is 2.05. The van der Waals surface area contributed by atoms with Gasteiger partial charge in [-0.05, 0) is 30.5 Å². The second-order valence-electron chi connectivity index (χ2n) is 3.23. The van der Waals surface area contributed by atoms with Crippen molar-refractivity contribution >= 4 is 12.4 Å². The molecule has 0 saturated carbocycles. The first-order chi connectivity index (χ1) is 6.26. The molecule has 1 aromatic heterocycles. The van der Waals surface area contributed by atoms with E-state index in [2.05, 4.69) is 11.9 Å². The maximum absolute atomic E-state index is 5.84. The number of halogens is 1. The summed E-state index contributed by atoms with van der Waals surface area (Å²) in [4.78, 5) is 4.13. The van der Waals surface area contributed by atoms with Crippen LogP contribution in [0.5, 0.6) is 0 Å². The molecule has 4 heteroatoms. The van der Waals surface area contributed by atoms with Crippen LogP contribution in [0.15, 0.2) is 18.3 Å². The second-order valence-corrected chi connectivity index (χ2v) is 3.23. The van der Waals surface area contributed by atoms with Gasteiger partial charge in [0.15, 0.2) is 0 Å². The number of rotatable bonds is 4. The Kier molecular flexibility index (Phi) is 6.45. The monoisotopic (exact) mass is 215 g/mol. The number of hydrogen-bond acceptors (Lipinski definition) is 3. The Morgan fingerprint density at radius 1 is 1.50 bits per heavy atom. The number of pyridine rings is 1. The zero-order valence-corrected chi connectivity index (χ0v) is 9.26. The van der Waals surface area contributed by atoms with Crippen molar-refractivity contribution < 1.29 is 0 Å². The largest absolute Gasteiger partial charge is 0.327 e. The van der Waals surface area contributed by atoms with Crippen molar-refractivity contribution in [3.8, 4) is 0 Å². The molecule has 0 aromatic carbocycles. The van der Waals surface area contributed by atoms with Crippen LogP contribution in [0.2, 0.25) is 0 Å². The third kappa shape index (κ3) is 4.05. The molecule has 3 nitrogen and oxygen atoms in total. The first kappa shape index (κ1) is 13.4. The fourth-order valence-corrected chi connectivity index (χ4v) is 1.21. The van der Waals surface area contributed by atoms with Crippen molar-refractivity contribution in [2.45, 2.75) is 32.4 Å². The lowest BCUT2D eigenvalue weighted by atomic mass is 10.1. The standard InChI is InChI=1S/C10H17N3.ClH/c1-2-9(12)5-8-3-4-13-10(6-8)7-11;/h3-4,6,9H,2,5,7,11-12H2,1H3;1H. The number of nitrogens with two attached hydrogens (primary N) is 2. The molecule has 14 heavy (non-hydrogen) atoms. The molecular weight excluding hydrogens is 198 g/mol. The fraction of sp³-hybridized carbons (Fsp3) is 0.500. The topological polar surface area (TPSA) is 64.9 Å². The van der Waals surface area contributed by atoms with Crippen molar-refractivity contribution in [2.24, 2.45) is 11.5 Å². The molecule has 1 rings (SSSR count). The van der Waals surface area contributed by atoms with Crippen molar-refractivity contribution in [1.82, 2.24) is 4.98 Å². The van der Waals surface area contributed by atoms with Gasteiger partial charge in [-0.3, -0.25) is 4.98 Å². The predicted molar refractivity (Wildman–Crippen MR) is 61.3 cm³/mol. The van der Waals surface area contributed by atoms with Crippen LogP contribution in [-0.2, 0) is 13.0 Å². The average Bonchev–Trinajstić information content (AvgIpc) is 2.18. The third-order valence-electron chi connectivity index (χ3n) is 2.11. The minimum Gasteiger partial charge on any atom is -0.327 e. The third-order valence-corrected chi connectivity index (χ3v) is 2.11. The van der Waals surface area contributed by atoms with Crippen molar-refractivity contribution in [3.63, 3.8) is 0 Å². The summed E-state index contributed by atoms with van der Waals surface area (Å²) in [5, 5.41) is 0. The average molecular weight is 216 g/mol. The van der Waals surface area contributed by atoms with Crippen molar-refractivity contribution in [2.75, 3.05) is 0 Å². The van der Waals surface area contributed by atoms with E-state index in [1.165, 1.54) is 5.56 Å². The lowest BCUT2D eigenvalue weighted by Crippen LogP contribution is -2.21. The van der Waals surface area contributed by atoms with Crippen LogP contribution in [-0.4, -0.2) is 11.0 Å². The van der Waals surface area contributed by atoms with Gasteiger partial charge in [0.25, 0.3) is 0 Å². The molecule has 0 aliphatic carbocycles. The van der Waals surface area contributed by atoms with Gasteiger partial charge in [-0.25, -0.2) is 0 Å². The van der Waals surface area contributed by atoms with E-state index >= 15 is 0 Å². The van der Waals surface area contributed by atoms with Crippen LogP contribution < -0.4 is 11.5 Å². The van der Waals surface area contributed by atoms with Gasteiger partial charge in [0.2, 0.25) is 0 Å². The lowest BCUT2D eigenvalue weighted by Gasteiger charge is -2.08. The van der Waals surface area contributed by atoms with E-state index < -0.39 is 0 Å². The normalized spacial score (nSPS) is 11.9. The molecule has 0 fully saturated rings. The Balaban J connectivity index is 0.00000169. The van der Waals surface area contributed by atoms with E-state index in [1.807, 2.05) is 12.1 Å². The molecule has 1 aromatic rings. The Hall–Kier alpha value is -0.640. The molecule has 0 saturated heterocycles. The SMILES string of the molecule is CCC(N)Cc1ccnc(CN)c1.Cl. The summed E-state index contributed by atoms with van der Waals surface area (Å²) in [5.74, 6) is 0. The summed E-state index contributed by atoms with van der Waals surface area (Å²) >= 11 is 0. The first-order valence-corrected chi connectivity index (χ1v) is 4.65. The van der Waals surface area contributed by atoms with Gasteiger partial charge in [0, 0.05) is 18.8 Å². The molecule has 0 spiro atoms. The summed E-state index contributed by atoms with van der Waals surface area (Å²) in [7, 11) is 0. The van der Waals surface area contributed by atoms with Gasteiger partial charge in [-0.15, -0.1) is 12.4 Å². The number of nitrogens with zero attached hydrogens (tertiary/aromatic N) is 1. The number of hydrogen-bond donors (Lipinski definition) is 2. The van der Waals surface area contributed by atoms with Crippen LogP contribution in [0.1, 0.15) is 24.6 Å². The molecule has 1 atom stereocenters. The molecule has 0 aliphatic heterocycles. The highest BCUT2D eigenvalue weighted by molar-refractivity contribution is 5.85. The van der Waals surface area contributed by atoms with Crippen molar-refractivity contribution in [3.05, 3.63) is 29.6 Å². The van der Waals surface area contributed by atoms with Crippen LogP contribution >= 0.6 is 12.4 Å². The van der Waals surface area contributed by atoms with Crippen LogP contribution in [0.4, 0.5) is 0 Å². The van der Waals surface area contributed by atoms with Crippen LogP contribution in [0.25, 0.3) is 0 Å². The highest BCUT2D eigenvalue weighted by Gasteiger charge is 2.01. The van der Waals surface area contributed by atoms with E-state index in [4.69, 9.17) is 11.5 Å². The minimum absolute atomic E-state index is 0. The van der Waals surface area contributed by atoms with Gasteiger partial charge >= 0.3 is 0 Å². The molecule has 80 valence electrons. The molecule has 0 amide bonds. The quantitative estimate of drug-likeness (QED) is 0.795. The van der Waals surface area contributed by atoms with E-state index in [-0.39, 0.29) is 18.4 Å². The summed E-state index contributed by atoms with van der Waals surface area (Å²) in [6, 6.07) is 4.26. The Morgan fingerprint density at radius 2 is 2.21 bits per heavy atom. The second kappa shape index (κ2) is 6.76. The molecule has 0 bridgehead atoms. The summed E-state index contributed by atoms with van der Waals surface area (Å²) in [6.45, 7) is 2.59. The Labute approximate surface area is 91.3 Å². The Morgan fingerprint density at radius 3 is 2.79 bits per heavy atom. The summed E-state index contributed by atoms with van der Waals surface area (Å²) in [6.07, 6.45) is 3.70. The first-order valence-electron chi connectivity index (χ1n) is 4.65. The smallest absolute Gasteiger partial charge is 0.0542 e.